The van der Waals surface area contributed by atoms with Crippen molar-refractivity contribution in [2.75, 3.05) is 39.8 Å². The summed E-state index contributed by atoms with van der Waals surface area (Å²) in [5, 5.41) is 3.71. The summed E-state index contributed by atoms with van der Waals surface area (Å²) in [5.41, 5.74) is 0. The van der Waals surface area contributed by atoms with Crippen molar-refractivity contribution in [2.45, 2.75) is 58.0 Å². The minimum absolute atomic E-state index is 0.713. The van der Waals surface area contributed by atoms with Crippen LogP contribution in [0.15, 0.2) is 0 Å². The van der Waals surface area contributed by atoms with E-state index < -0.39 is 0 Å². The normalized spacial score (nSPS) is 33.2. The Hall–Kier alpha value is -0.120. The molecule has 0 aromatic rings. The zero-order valence-electron chi connectivity index (χ0n) is 13.2. The van der Waals surface area contributed by atoms with Gasteiger partial charge < -0.3 is 15.1 Å². The monoisotopic (exact) mass is 267 g/mol. The second kappa shape index (κ2) is 7.61. The zero-order chi connectivity index (χ0) is 13.7. The van der Waals surface area contributed by atoms with E-state index in [4.69, 9.17) is 0 Å². The van der Waals surface area contributed by atoms with Gasteiger partial charge in [0.25, 0.3) is 0 Å². The maximum absolute atomic E-state index is 3.71. The van der Waals surface area contributed by atoms with Crippen LogP contribution < -0.4 is 5.32 Å². The molecule has 0 radical (unpaired) electrons. The highest BCUT2D eigenvalue weighted by molar-refractivity contribution is 4.89. The first-order valence-corrected chi connectivity index (χ1v) is 8.36. The van der Waals surface area contributed by atoms with Crippen LogP contribution in [0.1, 0.15) is 46.0 Å². The van der Waals surface area contributed by atoms with Gasteiger partial charge in [0.1, 0.15) is 0 Å². The molecule has 0 aromatic carbocycles. The summed E-state index contributed by atoms with van der Waals surface area (Å²) in [7, 11) is 2.34. The highest BCUT2D eigenvalue weighted by atomic mass is 15.2. The van der Waals surface area contributed by atoms with Gasteiger partial charge in [0.05, 0.1) is 0 Å². The SMILES string of the molecule is CCNC1CCC(C)CC1N(C)CCN1CCCC1. The van der Waals surface area contributed by atoms with Crippen molar-refractivity contribution in [1.82, 2.24) is 15.1 Å². The molecule has 0 aromatic heterocycles. The largest absolute Gasteiger partial charge is 0.313 e. The number of rotatable bonds is 6. The summed E-state index contributed by atoms with van der Waals surface area (Å²) in [5.74, 6) is 0.897. The Labute approximate surface area is 119 Å². The average molecular weight is 267 g/mol. The van der Waals surface area contributed by atoms with E-state index >= 15 is 0 Å². The van der Waals surface area contributed by atoms with E-state index in [1.165, 1.54) is 58.3 Å². The summed E-state index contributed by atoms with van der Waals surface area (Å²) < 4.78 is 0. The van der Waals surface area contributed by atoms with E-state index in [1.54, 1.807) is 0 Å². The standard InChI is InChI=1S/C16H33N3/c1-4-17-15-8-7-14(2)13-16(15)18(3)11-12-19-9-5-6-10-19/h14-17H,4-13H2,1-3H3. The third-order valence-corrected chi connectivity index (χ3v) is 5.08. The van der Waals surface area contributed by atoms with Gasteiger partial charge in [0.15, 0.2) is 0 Å². The topological polar surface area (TPSA) is 18.5 Å². The number of likely N-dealkylation sites (tertiary alicyclic amines) is 1. The van der Waals surface area contributed by atoms with Crippen molar-refractivity contribution in [3.05, 3.63) is 0 Å². The molecule has 1 aliphatic heterocycles. The number of likely N-dealkylation sites (N-methyl/N-ethyl adjacent to an activating group) is 2. The number of hydrogen-bond acceptors (Lipinski definition) is 3. The molecule has 0 spiro atoms. The predicted octanol–water partition coefficient (Wildman–Crippen LogP) is 2.18. The van der Waals surface area contributed by atoms with Gasteiger partial charge in [-0.2, -0.15) is 0 Å². The summed E-state index contributed by atoms with van der Waals surface area (Å²) >= 11 is 0. The van der Waals surface area contributed by atoms with Crippen molar-refractivity contribution in [3.8, 4) is 0 Å². The lowest BCUT2D eigenvalue weighted by Gasteiger charge is -2.41. The molecule has 0 bridgehead atoms. The fourth-order valence-electron chi connectivity index (χ4n) is 3.81. The molecule has 2 fully saturated rings. The third kappa shape index (κ3) is 4.44. The van der Waals surface area contributed by atoms with Gasteiger partial charge in [-0.05, 0) is 64.7 Å². The van der Waals surface area contributed by atoms with Crippen LogP contribution in [0, 0.1) is 5.92 Å². The molecule has 0 amide bonds. The fraction of sp³-hybridized carbons (Fsp3) is 1.00. The zero-order valence-corrected chi connectivity index (χ0v) is 13.2. The molecule has 1 saturated heterocycles. The van der Waals surface area contributed by atoms with E-state index in [9.17, 15) is 0 Å². The Morgan fingerprint density at radius 1 is 1.21 bits per heavy atom. The molecule has 1 N–H and O–H groups in total. The first-order valence-electron chi connectivity index (χ1n) is 8.36. The number of nitrogens with one attached hydrogen (secondary N) is 1. The van der Waals surface area contributed by atoms with E-state index in [1.807, 2.05) is 0 Å². The Morgan fingerprint density at radius 2 is 1.95 bits per heavy atom. The molecule has 1 saturated carbocycles. The van der Waals surface area contributed by atoms with E-state index in [0.717, 1.165) is 18.5 Å². The smallest absolute Gasteiger partial charge is 0.0249 e. The maximum atomic E-state index is 3.71. The molecule has 3 unspecified atom stereocenters. The minimum Gasteiger partial charge on any atom is -0.313 e. The Balaban J connectivity index is 1.80. The van der Waals surface area contributed by atoms with Crippen LogP contribution in [0.5, 0.6) is 0 Å². The Morgan fingerprint density at radius 3 is 2.63 bits per heavy atom. The van der Waals surface area contributed by atoms with Gasteiger partial charge in [0.2, 0.25) is 0 Å². The van der Waals surface area contributed by atoms with E-state index in [2.05, 4.69) is 36.0 Å². The highest BCUT2D eigenvalue weighted by Gasteiger charge is 2.30. The molecule has 19 heavy (non-hydrogen) atoms. The van der Waals surface area contributed by atoms with Crippen LogP contribution in [0.3, 0.4) is 0 Å². The van der Waals surface area contributed by atoms with Gasteiger partial charge in [-0.3, -0.25) is 0 Å². The Kier molecular flexibility index (Phi) is 6.11. The van der Waals surface area contributed by atoms with E-state index in [-0.39, 0.29) is 0 Å². The second-order valence-electron chi connectivity index (χ2n) is 6.68. The Bertz CT molecular complexity index is 250. The quantitative estimate of drug-likeness (QED) is 0.796. The lowest BCUT2D eigenvalue weighted by molar-refractivity contribution is 0.115. The molecule has 2 rings (SSSR count). The summed E-state index contributed by atoms with van der Waals surface area (Å²) in [4.78, 5) is 5.26. The van der Waals surface area contributed by atoms with Crippen molar-refractivity contribution in [3.63, 3.8) is 0 Å². The van der Waals surface area contributed by atoms with Crippen LogP contribution in [-0.2, 0) is 0 Å². The van der Waals surface area contributed by atoms with E-state index in [0.29, 0.717) is 6.04 Å². The highest BCUT2D eigenvalue weighted by Crippen LogP contribution is 2.27. The molecule has 3 nitrogen and oxygen atoms in total. The van der Waals surface area contributed by atoms with Crippen LogP contribution in [-0.4, -0.2) is 61.7 Å². The van der Waals surface area contributed by atoms with Gasteiger partial charge >= 0.3 is 0 Å². The van der Waals surface area contributed by atoms with Gasteiger partial charge in [-0.15, -0.1) is 0 Å². The van der Waals surface area contributed by atoms with Crippen molar-refractivity contribution in [2.24, 2.45) is 5.92 Å². The summed E-state index contributed by atoms with van der Waals surface area (Å²) in [6.07, 6.45) is 6.93. The molecule has 112 valence electrons. The van der Waals surface area contributed by atoms with Gasteiger partial charge in [0, 0.05) is 25.2 Å². The molecule has 3 heteroatoms. The predicted molar refractivity (Wildman–Crippen MR) is 82.6 cm³/mol. The minimum atomic E-state index is 0.713. The lowest BCUT2D eigenvalue weighted by atomic mass is 9.82. The first-order chi connectivity index (χ1) is 9.20. The summed E-state index contributed by atoms with van der Waals surface area (Å²) in [6.45, 7) is 10.9. The fourth-order valence-corrected chi connectivity index (χ4v) is 3.81. The van der Waals surface area contributed by atoms with Crippen molar-refractivity contribution < 1.29 is 0 Å². The molecular formula is C16H33N3. The first kappa shape index (κ1) is 15.3. The molecular weight excluding hydrogens is 234 g/mol. The van der Waals surface area contributed by atoms with Gasteiger partial charge in [-0.25, -0.2) is 0 Å². The van der Waals surface area contributed by atoms with Crippen LogP contribution in [0.25, 0.3) is 0 Å². The van der Waals surface area contributed by atoms with Gasteiger partial charge in [-0.1, -0.05) is 13.8 Å². The maximum Gasteiger partial charge on any atom is 0.0249 e. The number of hydrogen-bond donors (Lipinski definition) is 1. The van der Waals surface area contributed by atoms with Crippen molar-refractivity contribution in [1.29, 1.82) is 0 Å². The molecule has 1 heterocycles. The average Bonchev–Trinajstić information content (AvgIpc) is 2.91. The van der Waals surface area contributed by atoms with Crippen LogP contribution >= 0.6 is 0 Å². The third-order valence-electron chi connectivity index (χ3n) is 5.08. The molecule has 1 aliphatic carbocycles. The van der Waals surface area contributed by atoms with Crippen LogP contribution in [0.2, 0.25) is 0 Å². The lowest BCUT2D eigenvalue weighted by Crippen LogP contribution is -2.53. The second-order valence-corrected chi connectivity index (χ2v) is 6.68. The van der Waals surface area contributed by atoms with Crippen molar-refractivity contribution >= 4 is 0 Å². The molecule has 3 atom stereocenters. The number of nitrogens with zero attached hydrogens (tertiary/aromatic N) is 2. The molecule has 2 aliphatic rings. The summed E-state index contributed by atoms with van der Waals surface area (Å²) in [6, 6.07) is 1.45. The van der Waals surface area contributed by atoms with Crippen LogP contribution in [0.4, 0.5) is 0 Å².